The normalized spacial score (nSPS) is 10.8. The first-order valence-electron chi connectivity index (χ1n) is 6.61. The summed E-state index contributed by atoms with van der Waals surface area (Å²) in [5.74, 6) is 1.14. The van der Waals surface area contributed by atoms with E-state index < -0.39 is 0 Å². The van der Waals surface area contributed by atoms with Crippen molar-refractivity contribution in [3.63, 3.8) is 0 Å². The highest BCUT2D eigenvalue weighted by Crippen LogP contribution is 2.17. The molecule has 0 bridgehead atoms. The number of hydrogen-bond acceptors (Lipinski definition) is 5. The smallest absolute Gasteiger partial charge is 0.200 e. The predicted octanol–water partition coefficient (Wildman–Crippen LogP) is 3.62. The lowest BCUT2D eigenvalue weighted by atomic mass is 10.0. The van der Waals surface area contributed by atoms with Crippen LogP contribution in [-0.2, 0) is 17.6 Å². The summed E-state index contributed by atoms with van der Waals surface area (Å²) in [4.78, 5) is 16.4. The third kappa shape index (κ3) is 4.15. The Balaban J connectivity index is 1.95. The van der Waals surface area contributed by atoms with E-state index in [0.717, 1.165) is 21.5 Å². The van der Waals surface area contributed by atoms with Gasteiger partial charge in [0.05, 0.1) is 6.42 Å². The summed E-state index contributed by atoms with van der Waals surface area (Å²) >= 11 is 2.94. The van der Waals surface area contributed by atoms with Crippen LogP contribution in [0.5, 0.6) is 0 Å². The van der Waals surface area contributed by atoms with Gasteiger partial charge in [-0.1, -0.05) is 36.9 Å². The molecule has 0 saturated carbocycles. The van der Waals surface area contributed by atoms with Crippen molar-refractivity contribution in [1.82, 2.24) is 9.36 Å². The van der Waals surface area contributed by atoms with Gasteiger partial charge in [0, 0.05) is 6.42 Å². The van der Waals surface area contributed by atoms with Crippen LogP contribution >= 0.6 is 23.3 Å². The summed E-state index contributed by atoms with van der Waals surface area (Å²) in [5.41, 5.74) is 3.56. The van der Waals surface area contributed by atoms with Crippen molar-refractivity contribution in [2.24, 2.45) is 0 Å². The van der Waals surface area contributed by atoms with Crippen LogP contribution in [0.3, 0.4) is 0 Å². The van der Waals surface area contributed by atoms with Gasteiger partial charge in [0.1, 0.15) is 10.8 Å². The molecule has 1 heterocycles. The van der Waals surface area contributed by atoms with Crippen molar-refractivity contribution in [2.45, 2.75) is 38.8 Å². The van der Waals surface area contributed by atoms with Crippen molar-refractivity contribution < 1.29 is 4.79 Å². The average Bonchev–Trinajstić information content (AvgIpc) is 2.81. The molecule has 20 heavy (non-hydrogen) atoms. The molecular weight excluding hydrogens is 288 g/mol. The third-order valence-corrected chi connectivity index (χ3v) is 4.60. The van der Waals surface area contributed by atoms with E-state index in [2.05, 4.69) is 42.3 Å². The van der Waals surface area contributed by atoms with Crippen LogP contribution < -0.4 is 0 Å². The van der Waals surface area contributed by atoms with Gasteiger partial charge in [0.25, 0.3) is 0 Å². The lowest BCUT2D eigenvalue weighted by Gasteiger charge is -2.04. The maximum atomic E-state index is 12.1. The molecule has 0 fully saturated rings. The monoisotopic (exact) mass is 306 g/mol. The highest BCUT2D eigenvalue weighted by Gasteiger charge is 2.10. The minimum absolute atomic E-state index is 0.192. The summed E-state index contributed by atoms with van der Waals surface area (Å²) in [7, 11) is 0. The number of carbonyl (C=O) groups excluding carboxylic acids is 1. The molecule has 3 nitrogen and oxygen atoms in total. The van der Waals surface area contributed by atoms with Gasteiger partial charge in [-0.2, -0.15) is 4.37 Å². The molecule has 0 radical (unpaired) electrons. The quantitative estimate of drug-likeness (QED) is 0.765. The van der Waals surface area contributed by atoms with Crippen LogP contribution in [-0.4, -0.2) is 20.9 Å². The average molecular weight is 306 g/mol. The standard InChI is InChI=1S/C15H18N2OS2/c1-4-19-15-16-14(20-17-15)9-13(18)8-12-6-5-10(2)11(3)7-12/h5-7H,4,8-9H2,1-3H3. The maximum Gasteiger partial charge on any atom is 0.200 e. The highest BCUT2D eigenvalue weighted by molar-refractivity contribution is 7.99. The van der Waals surface area contributed by atoms with Crippen LogP contribution in [0.1, 0.15) is 28.6 Å². The minimum atomic E-state index is 0.192. The molecule has 0 atom stereocenters. The second-order valence-corrected chi connectivity index (χ2v) is 6.78. The lowest BCUT2D eigenvalue weighted by Crippen LogP contribution is -2.06. The molecule has 0 unspecified atom stereocenters. The number of benzene rings is 1. The zero-order valence-electron chi connectivity index (χ0n) is 12.0. The fraction of sp³-hybridized carbons (Fsp3) is 0.400. The molecule has 106 valence electrons. The fourth-order valence-electron chi connectivity index (χ4n) is 1.87. The number of Topliss-reactive ketones (excluding diaryl/α,β-unsaturated/α-hetero) is 1. The van der Waals surface area contributed by atoms with Crippen molar-refractivity contribution >= 4 is 29.1 Å². The molecule has 0 saturated heterocycles. The Bertz CT molecular complexity index is 608. The summed E-state index contributed by atoms with van der Waals surface area (Å²) in [6.45, 7) is 6.22. The summed E-state index contributed by atoms with van der Waals surface area (Å²) < 4.78 is 4.23. The fourth-order valence-corrected chi connectivity index (χ4v) is 3.26. The zero-order valence-corrected chi connectivity index (χ0v) is 13.6. The van der Waals surface area contributed by atoms with E-state index >= 15 is 0 Å². The van der Waals surface area contributed by atoms with Crippen molar-refractivity contribution in [3.05, 3.63) is 39.9 Å². The molecule has 0 spiro atoms. The van der Waals surface area contributed by atoms with Crippen molar-refractivity contribution in [3.8, 4) is 0 Å². The molecule has 1 aromatic heterocycles. The Morgan fingerprint density at radius 2 is 2.05 bits per heavy atom. The summed E-state index contributed by atoms with van der Waals surface area (Å²) in [6.07, 6.45) is 0.853. The van der Waals surface area contributed by atoms with Crippen molar-refractivity contribution in [1.29, 1.82) is 0 Å². The molecular formula is C15H18N2OS2. The van der Waals surface area contributed by atoms with E-state index in [1.165, 1.54) is 22.7 Å². The van der Waals surface area contributed by atoms with Gasteiger partial charge in [0.15, 0.2) is 5.16 Å². The van der Waals surface area contributed by atoms with Gasteiger partial charge in [-0.05, 0) is 47.8 Å². The molecule has 2 aromatic rings. The first-order chi connectivity index (χ1) is 9.58. The zero-order chi connectivity index (χ0) is 14.5. The van der Waals surface area contributed by atoms with Crippen LogP contribution in [0, 0.1) is 13.8 Å². The van der Waals surface area contributed by atoms with Gasteiger partial charge in [-0.3, -0.25) is 4.79 Å². The van der Waals surface area contributed by atoms with E-state index in [9.17, 15) is 4.79 Å². The molecule has 1 aromatic carbocycles. The van der Waals surface area contributed by atoms with E-state index in [1.54, 1.807) is 11.8 Å². The van der Waals surface area contributed by atoms with E-state index in [0.29, 0.717) is 12.8 Å². The van der Waals surface area contributed by atoms with E-state index in [1.807, 2.05) is 6.07 Å². The molecule has 0 aliphatic carbocycles. The van der Waals surface area contributed by atoms with Gasteiger partial charge in [-0.25, -0.2) is 4.98 Å². The molecule has 5 heteroatoms. The first-order valence-corrected chi connectivity index (χ1v) is 8.37. The Labute approximate surface area is 128 Å². The number of aromatic nitrogens is 2. The van der Waals surface area contributed by atoms with Crippen LogP contribution in [0.25, 0.3) is 0 Å². The SMILES string of the molecule is CCSc1nsc(CC(=O)Cc2ccc(C)c(C)c2)n1. The van der Waals surface area contributed by atoms with Gasteiger partial charge < -0.3 is 0 Å². The van der Waals surface area contributed by atoms with Gasteiger partial charge in [0.2, 0.25) is 0 Å². The number of hydrogen-bond donors (Lipinski definition) is 0. The number of thioether (sulfide) groups is 1. The Morgan fingerprint density at radius 3 is 2.75 bits per heavy atom. The second-order valence-electron chi connectivity index (χ2n) is 4.71. The molecule has 0 aliphatic heterocycles. The Morgan fingerprint density at radius 1 is 1.25 bits per heavy atom. The molecule has 0 amide bonds. The topological polar surface area (TPSA) is 42.9 Å². The van der Waals surface area contributed by atoms with E-state index in [4.69, 9.17) is 0 Å². The third-order valence-electron chi connectivity index (χ3n) is 3.04. The molecule has 0 aliphatic rings. The Hall–Kier alpha value is -1.20. The van der Waals surface area contributed by atoms with Crippen LogP contribution in [0.15, 0.2) is 23.4 Å². The summed E-state index contributed by atoms with van der Waals surface area (Å²) in [5, 5.41) is 1.60. The minimum Gasteiger partial charge on any atom is -0.299 e. The maximum absolute atomic E-state index is 12.1. The number of nitrogens with zero attached hydrogens (tertiary/aromatic N) is 2. The van der Waals surface area contributed by atoms with Crippen LogP contribution in [0.4, 0.5) is 0 Å². The Kier molecular flexibility index (Phi) is 5.31. The highest BCUT2D eigenvalue weighted by atomic mass is 32.2. The van der Waals surface area contributed by atoms with Crippen molar-refractivity contribution in [2.75, 3.05) is 5.75 Å². The van der Waals surface area contributed by atoms with Crippen LogP contribution in [0.2, 0.25) is 0 Å². The number of rotatable bonds is 6. The predicted molar refractivity (Wildman–Crippen MR) is 84.6 cm³/mol. The molecule has 2 rings (SSSR count). The summed E-state index contributed by atoms with van der Waals surface area (Å²) in [6, 6.07) is 6.18. The molecule has 0 N–H and O–H groups in total. The van der Waals surface area contributed by atoms with Gasteiger partial charge >= 0.3 is 0 Å². The number of carbonyl (C=O) groups is 1. The second kappa shape index (κ2) is 6.99. The largest absolute Gasteiger partial charge is 0.299 e. The lowest BCUT2D eigenvalue weighted by molar-refractivity contribution is -0.117. The number of aryl methyl sites for hydroxylation is 2. The van der Waals surface area contributed by atoms with E-state index in [-0.39, 0.29) is 5.78 Å². The van der Waals surface area contributed by atoms with Gasteiger partial charge in [-0.15, -0.1) is 0 Å². The first kappa shape index (κ1) is 15.2. The number of ketones is 1.